The Labute approximate surface area is 203 Å². The summed E-state index contributed by atoms with van der Waals surface area (Å²) in [5.74, 6) is -0.525. The largest absolute Gasteiger partial charge is 0.487 e. The molecule has 2 aromatic carbocycles. The van der Waals surface area contributed by atoms with E-state index >= 15 is 0 Å². The van der Waals surface area contributed by atoms with Crippen molar-refractivity contribution in [3.8, 4) is 16.9 Å². The first-order valence-electron chi connectivity index (χ1n) is 10.9. The van der Waals surface area contributed by atoms with E-state index < -0.39 is 11.5 Å². The third kappa shape index (κ3) is 5.39. The van der Waals surface area contributed by atoms with Crippen molar-refractivity contribution in [1.29, 1.82) is 0 Å². The van der Waals surface area contributed by atoms with Crippen LogP contribution in [-0.2, 0) is 11.3 Å². The fourth-order valence-electron chi connectivity index (χ4n) is 4.09. The SMILES string of the molecule is O=C(Nc1ccc(OC(F)(F)Cl)cc1)c1cc(-c2cncnc2)c2c(c1)ncn2C[C@@H]1CCCO1. The van der Waals surface area contributed by atoms with Gasteiger partial charge in [-0.2, -0.15) is 0 Å². The highest BCUT2D eigenvalue weighted by Crippen LogP contribution is 2.31. The molecule has 180 valence electrons. The number of carbonyl (C=O) groups is 1. The van der Waals surface area contributed by atoms with Gasteiger partial charge in [-0.3, -0.25) is 4.79 Å². The quantitative estimate of drug-likeness (QED) is 0.356. The molecule has 1 aliphatic rings. The number of halogens is 3. The second-order valence-corrected chi connectivity index (χ2v) is 8.52. The number of anilines is 1. The first-order chi connectivity index (χ1) is 16.9. The van der Waals surface area contributed by atoms with Crippen molar-refractivity contribution in [2.24, 2.45) is 0 Å². The van der Waals surface area contributed by atoms with Crippen LogP contribution in [0.3, 0.4) is 0 Å². The number of amides is 1. The predicted molar refractivity (Wildman–Crippen MR) is 126 cm³/mol. The van der Waals surface area contributed by atoms with Gasteiger partial charge in [0.1, 0.15) is 12.1 Å². The maximum atomic E-state index is 13.1. The molecule has 1 atom stereocenters. The van der Waals surface area contributed by atoms with E-state index in [2.05, 4.69) is 25.0 Å². The van der Waals surface area contributed by atoms with Crippen molar-refractivity contribution in [3.05, 3.63) is 67.0 Å². The highest BCUT2D eigenvalue weighted by molar-refractivity contribution is 6.20. The minimum absolute atomic E-state index is 0.112. The van der Waals surface area contributed by atoms with E-state index in [1.807, 2.05) is 4.57 Å². The van der Waals surface area contributed by atoms with E-state index in [1.54, 1.807) is 30.9 Å². The lowest BCUT2D eigenvalue weighted by molar-refractivity contribution is -0.0964. The Hall–Kier alpha value is -3.63. The molecule has 0 spiro atoms. The molecule has 0 bridgehead atoms. The zero-order chi connectivity index (χ0) is 24.4. The van der Waals surface area contributed by atoms with Crippen LogP contribution in [0, 0.1) is 0 Å². The normalized spacial score (nSPS) is 15.9. The third-order valence-electron chi connectivity index (χ3n) is 5.62. The Balaban J connectivity index is 1.46. The van der Waals surface area contributed by atoms with Crippen LogP contribution in [0.5, 0.6) is 5.75 Å². The number of ether oxygens (including phenoxy) is 2. The second kappa shape index (κ2) is 9.55. The number of imidazole rings is 1. The number of aromatic nitrogens is 4. The molecule has 1 amide bonds. The number of fused-ring (bicyclic) bond motifs is 1. The van der Waals surface area contributed by atoms with Crippen LogP contribution in [-0.4, -0.2) is 43.7 Å². The number of nitrogens with zero attached hydrogens (tertiary/aromatic N) is 4. The topological polar surface area (TPSA) is 91.2 Å². The summed E-state index contributed by atoms with van der Waals surface area (Å²) in [6.07, 6.45) is 8.66. The van der Waals surface area contributed by atoms with E-state index in [9.17, 15) is 13.6 Å². The van der Waals surface area contributed by atoms with Crippen LogP contribution < -0.4 is 10.1 Å². The van der Waals surface area contributed by atoms with Gasteiger partial charge in [0.15, 0.2) is 0 Å². The highest BCUT2D eigenvalue weighted by Gasteiger charge is 2.27. The summed E-state index contributed by atoms with van der Waals surface area (Å²) >= 11 is 4.79. The molecule has 4 aromatic rings. The molecule has 5 rings (SSSR count). The number of nitrogens with one attached hydrogen (secondary N) is 1. The van der Waals surface area contributed by atoms with Crippen LogP contribution in [0.25, 0.3) is 22.2 Å². The Morgan fingerprint density at radius 3 is 2.69 bits per heavy atom. The average molecular weight is 500 g/mol. The summed E-state index contributed by atoms with van der Waals surface area (Å²) in [7, 11) is 0. The average Bonchev–Trinajstić information content (AvgIpc) is 3.50. The van der Waals surface area contributed by atoms with Gasteiger partial charge < -0.3 is 19.4 Å². The number of hydrogen-bond acceptors (Lipinski definition) is 6. The van der Waals surface area contributed by atoms with Gasteiger partial charge in [0.2, 0.25) is 0 Å². The van der Waals surface area contributed by atoms with Crippen molar-refractivity contribution in [1.82, 2.24) is 19.5 Å². The number of carbonyl (C=O) groups excluding carboxylic acids is 1. The molecule has 1 fully saturated rings. The molecular weight excluding hydrogens is 480 g/mol. The van der Waals surface area contributed by atoms with Gasteiger partial charge in [-0.1, -0.05) is 0 Å². The molecule has 0 unspecified atom stereocenters. The van der Waals surface area contributed by atoms with E-state index in [1.165, 1.54) is 30.6 Å². The summed E-state index contributed by atoms with van der Waals surface area (Å²) in [5.41, 5.74) is -0.0508. The lowest BCUT2D eigenvalue weighted by Crippen LogP contribution is -2.16. The van der Waals surface area contributed by atoms with Gasteiger partial charge in [0.05, 0.1) is 30.0 Å². The van der Waals surface area contributed by atoms with Crippen molar-refractivity contribution < 1.29 is 23.0 Å². The first kappa shape index (κ1) is 23.1. The summed E-state index contributed by atoms with van der Waals surface area (Å²) in [6.45, 7) is 1.40. The molecule has 0 saturated carbocycles. The van der Waals surface area contributed by atoms with Gasteiger partial charge in [0.25, 0.3) is 5.91 Å². The van der Waals surface area contributed by atoms with Crippen LogP contribution in [0.2, 0.25) is 0 Å². The Morgan fingerprint density at radius 1 is 1.23 bits per heavy atom. The second-order valence-electron chi connectivity index (χ2n) is 8.08. The fourth-order valence-corrected chi connectivity index (χ4v) is 4.18. The monoisotopic (exact) mass is 499 g/mol. The number of hydrogen-bond donors (Lipinski definition) is 1. The minimum Gasteiger partial charge on any atom is -0.420 e. The minimum atomic E-state index is -3.81. The molecule has 1 saturated heterocycles. The Bertz CT molecular complexity index is 1340. The molecule has 8 nitrogen and oxygen atoms in total. The summed E-state index contributed by atoms with van der Waals surface area (Å²) in [5, 5.41) is 2.76. The van der Waals surface area contributed by atoms with Crippen LogP contribution in [0.15, 0.2) is 61.4 Å². The highest BCUT2D eigenvalue weighted by atomic mass is 35.5. The van der Waals surface area contributed by atoms with Gasteiger partial charge in [-0.25, -0.2) is 15.0 Å². The standard InChI is InChI=1S/C24H20ClF2N5O3/c25-24(26,27)35-18-5-3-17(4-6-18)31-23(33)15-8-20(16-10-28-13-29-11-16)22-21(9-15)30-14-32(22)12-19-2-1-7-34-19/h3-6,8-11,13-14,19H,1-2,7,12H2,(H,31,33)/t19-/m0/s1. The van der Waals surface area contributed by atoms with Gasteiger partial charge in [0, 0.05) is 53.0 Å². The van der Waals surface area contributed by atoms with E-state index in [0.717, 1.165) is 36.1 Å². The predicted octanol–water partition coefficient (Wildman–Crippen LogP) is 5.09. The summed E-state index contributed by atoms with van der Waals surface area (Å²) < 4.78 is 37.7. The number of rotatable bonds is 7. The van der Waals surface area contributed by atoms with Crippen molar-refractivity contribution in [2.75, 3.05) is 11.9 Å². The summed E-state index contributed by atoms with van der Waals surface area (Å²) in [4.78, 5) is 25.8. The summed E-state index contributed by atoms with van der Waals surface area (Å²) in [6, 6.07) is 8.92. The molecule has 35 heavy (non-hydrogen) atoms. The van der Waals surface area contributed by atoms with Crippen LogP contribution in [0.4, 0.5) is 14.5 Å². The van der Waals surface area contributed by atoms with E-state index in [0.29, 0.717) is 23.3 Å². The van der Waals surface area contributed by atoms with Crippen molar-refractivity contribution in [3.63, 3.8) is 0 Å². The zero-order valence-electron chi connectivity index (χ0n) is 18.3. The van der Waals surface area contributed by atoms with Gasteiger partial charge >= 0.3 is 5.57 Å². The molecule has 3 heterocycles. The van der Waals surface area contributed by atoms with Gasteiger partial charge in [-0.05, 0) is 49.2 Å². The van der Waals surface area contributed by atoms with Crippen LogP contribution in [0.1, 0.15) is 23.2 Å². The number of benzene rings is 2. The molecule has 1 aliphatic heterocycles. The third-order valence-corrected chi connectivity index (χ3v) is 5.69. The lowest BCUT2D eigenvalue weighted by Gasteiger charge is -2.14. The smallest absolute Gasteiger partial charge is 0.420 e. The molecule has 2 aromatic heterocycles. The Kier molecular flexibility index (Phi) is 6.31. The molecule has 0 aliphatic carbocycles. The number of alkyl halides is 3. The zero-order valence-corrected chi connectivity index (χ0v) is 19.1. The van der Waals surface area contributed by atoms with E-state index in [4.69, 9.17) is 16.3 Å². The van der Waals surface area contributed by atoms with E-state index in [-0.39, 0.29) is 11.9 Å². The lowest BCUT2D eigenvalue weighted by atomic mass is 10.0. The van der Waals surface area contributed by atoms with Crippen molar-refractivity contribution in [2.45, 2.75) is 31.1 Å². The molecule has 0 radical (unpaired) electrons. The van der Waals surface area contributed by atoms with Crippen molar-refractivity contribution >= 4 is 34.2 Å². The van der Waals surface area contributed by atoms with Gasteiger partial charge in [-0.15, -0.1) is 8.78 Å². The fraction of sp³-hybridized carbons (Fsp3) is 0.250. The molecule has 11 heteroatoms. The molecular formula is C24H20ClF2N5O3. The maximum absolute atomic E-state index is 13.1. The maximum Gasteiger partial charge on any atom is 0.487 e. The van der Waals surface area contributed by atoms with Crippen LogP contribution >= 0.6 is 11.6 Å². The first-order valence-corrected chi connectivity index (χ1v) is 11.3. The Morgan fingerprint density at radius 2 is 2.00 bits per heavy atom. The molecule has 1 N–H and O–H groups in total.